The molecule has 1 fully saturated rings. The highest BCUT2D eigenvalue weighted by Crippen LogP contribution is 2.19. The first kappa shape index (κ1) is 24.2. The molecule has 1 saturated heterocycles. The Morgan fingerprint density at radius 3 is 2.53 bits per heavy atom. The minimum Gasteiger partial charge on any atom is -0.396 e. The Bertz CT molecular complexity index is 627. The van der Waals surface area contributed by atoms with E-state index in [0.29, 0.717) is 51.3 Å². The molecule has 1 aliphatic rings. The van der Waals surface area contributed by atoms with Crippen LogP contribution in [0.5, 0.6) is 0 Å². The molecule has 7 heteroatoms. The number of benzene rings is 1. The molecular weight excluding hydrogens is 380 g/mol. The Balaban J connectivity index is 2.08. The lowest BCUT2D eigenvalue weighted by Gasteiger charge is -2.31. The first-order valence-electron chi connectivity index (χ1n) is 11.2. The molecule has 7 nitrogen and oxygen atoms in total. The largest absolute Gasteiger partial charge is 0.396 e. The molecule has 2 rings (SSSR count). The molecule has 1 heterocycles. The maximum Gasteiger partial charge on any atom is 0.232 e. The van der Waals surface area contributed by atoms with Crippen molar-refractivity contribution in [1.82, 2.24) is 15.5 Å². The topological polar surface area (TPSA) is 86.2 Å². The van der Waals surface area contributed by atoms with E-state index in [9.17, 15) is 9.90 Å². The predicted molar refractivity (Wildman–Crippen MR) is 121 cm³/mol. The summed E-state index contributed by atoms with van der Waals surface area (Å²) in [6.07, 6.45) is 2.89. The minimum atomic E-state index is -0.281. The third-order valence-electron chi connectivity index (χ3n) is 5.38. The van der Waals surface area contributed by atoms with Gasteiger partial charge in [0.05, 0.1) is 19.1 Å². The fourth-order valence-corrected chi connectivity index (χ4v) is 3.72. The Morgan fingerprint density at radius 1 is 1.17 bits per heavy atom. The number of amides is 1. The number of hydrogen-bond acceptors (Lipinski definition) is 4. The van der Waals surface area contributed by atoms with Crippen LogP contribution < -0.4 is 10.6 Å². The molecule has 1 aromatic carbocycles. The summed E-state index contributed by atoms with van der Waals surface area (Å²) < 4.78 is 5.40. The number of nitrogens with zero attached hydrogens (tertiary/aromatic N) is 2. The number of aliphatic imine (C=N–C) groups is 1. The zero-order valence-electron chi connectivity index (χ0n) is 18.5. The van der Waals surface area contributed by atoms with Gasteiger partial charge in [-0.1, -0.05) is 43.7 Å². The van der Waals surface area contributed by atoms with Crippen LogP contribution in [0.15, 0.2) is 35.3 Å². The van der Waals surface area contributed by atoms with Crippen LogP contribution in [0.25, 0.3) is 0 Å². The van der Waals surface area contributed by atoms with E-state index >= 15 is 0 Å². The van der Waals surface area contributed by atoms with Gasteiger partial charge in [0.15, 0.2) is 5.96 Å². The summed E-state index contributed by atoms with van der Waals surface area (Å²) in [5.41, 5.74) is 1.00. The predicted octanol–water partition coefficient (Wildman–Crippen LogP) is 1.98. The molecule has 30 heavy (non-hydrogen) atoms. The highest BCUT2D eigenvalue weighted by molar-refractivity contribution is 5.86. The zero-order valence-corrected chi connectivity index (χ0v) is 18.5. The first-order chi connectivity index (χ1) is 14.7. The van der Waals surface area contributed by atoms with E-state index in [-0.39, 0.29) is 18.4 Å². The van der Waals surface area contributed by atoms with Crippen LogP contribution >= 0.6 is 0 Å². The third-order valence-corrected chi connectivity index (χ3v) is 5.38. The van der Waals surface area contributed by atoms with Crippen LogP contribution in [-0.2, 0) is 9.53 Å². The number of carbonyl (C=O) groups is 1. The number of carbonyl (C=O) groups excluding carboxylic acids is 1. The van der Waals surface area contributed by atoms with Gasteiger partial charge in [-0.05, 0) is 31.2 Å². The molecule has 1 aliphatic heterocycles. The molecule has 3 N–H and O–H groups in total. The minimum absolute atomic E-state index is 0.122. The molecule has 2 atom stereocenters. The smallest absolute Gasteiger partial charge is 0.232 e. The maximum atomic E-state index is 13.2. The normalized spacial score (nSPS) is 16.8. The van der Waals surface area contributed by atoms with Crippen molar-refractivity contribution < 1.29 is 14.6 Å². The Morgan fingerprint density at radius 2 is 1.90 bits per heavy atom. The fourth-order valence-electron chi connectivity index (χ4n) is 3.72. The van der Waals surface area contributed by atoms with Crippen molar-refractivity contribution in [1.29, 1.82) is 0 Å². The van der Waals surface area contributed by atoms with Gasteiger partial charge in [-0.15, -0.1) is 0 Å². The van der Waals surface area contributed by atoms with Gasteiger partial charge in [0.25, 0.3) is 0 Å². The Labute approximate surface area is 180 Å². The number of nitrogens with one attached hydrogen (secondary N) is 2. The quantitative estimate of drug-likeness (QED) is 0.378. The summed E-state index contributed by atoms with van der Waals surface area (Å²) >= 11 is 0. The first-order valence-corrected chi connectivity index (χ1v) is 11.2. The number of aliphatic hydroxyl groups excluding tert-OH is 1. The molecule has 0 radical (unpaired) electrons. The second-order valence-corrected chi connectivity index (χ2v) is 7.67. The summed E-state index contributed by atoms with van der Waals surface area (Å²) in [5.74, 6) is 0.927. The number of rotatable bonds is 11. The van der Waals surface area contributed by atoms with Crippen molar-refractivity contribution in [2.24, 2.45) is 10.9 Å². The van der Waals surface area contributed by atoms with E-state index in [0.717, 1.165) is 31.4 Å². The van der Waals surface area contributed by atoms with Gasteiger partial charge in [-0.25, -0.2) is 0 Å². The summed E-state index contributed by atoms with van der Waals surface area (Å²) in [4.78, 5) is 19.9. The molecule has 0 spiro atoms. The van der Waals surface area contributed by atoms with Crippen LogP contribution in [0.1, 0.15) is 44.6 Å². The van der Waals surface area contributed by atoms with E-state index in [4.69, 9.17) is 9.73 Å². The second kappa shape index (κ2) is 14.0. The molecule has 0 aromatic heterocycles. The number of morpholine rings is 1. The lowest BCUT2D eigenvalue weighted by molar-refractivity contribution is -0.136. The molecule has 0 aliphatic carbocycles. The lowest BCUT2D eigenvalue weighted by atomic mass is 9.97. The van der Waals surface area contributed by atoms with Gasteiger partial charge >= 0.3 is 0 Å². The van der Waals surface area contributed by atoms with Gasteiger partial charge in [-0.3, -0.25) is 9.79 Å². The van der Waals surface area contributed by atoms with E-state index in [1.807, 2.05) is 42.2 Å². The van der Waals surface area contributed by atoms with Gasteiger partial charge in [0.2, 0.25) is 5.91 Å². The van der Waals surface area contributed by atoms with E-state index in [2.05, 4.69) is 17.6 Å². The van der Waals surface area contributed by atoms with Crippen molar-refractivity contribution in [3.05, 3.63) is 35.9 Å². The monoisotopic (exact) mass is 418 g/mol. The van der Waals surface area contributed by atoms with Crippen LogP contribution in [-0.4, -0.2) is 74.4 Å². The average Bonchev–Trinajstić information content (AvgIpc) is 2.78. The van der Waals surface area contributed by atoms with E-state index < -0.39 is 0 Å². The Hall–Kier alpha value is -2.12. The maximum absolute atomic E-state index is 13.2. The SMILES string of the molecule is CCCC(CCO)CN=C(NCC)NCC(C(=O)N1CCOCC1)c1ccccc1. The highest BCUT2D eigenvalue weighted by atomic mass is 16.5. The molecule has 168 valence electrons. The molecule has 2 unspecified atom stereocenters. The number of guanidine groups is 1. The van der Waals surface area contributed by atoms with Gasteiger partial charge in [-0.2, -0.15) is 0 Å². The van der Waals surface area contributed by atoms with E-state index in [1.165, 1.54) is 0 Å². The average molecular weight is 419 g/mol. The number of ether oxygens (including phenoxy) is 1. The molecule has 0 saturated carbocycles. The van der Waals surface area contributed by atoms with Crippen molar-refractivity contribution in [2.45, 2.75) is 39.0 Å². The van der Waals surface area contributed by atoms with Gasteiger partial charge < -0.3 is 25.4 Å². The van der Waals surface area contributed by atoms with Crippen LogP contribution in [0, 0.1) is 5.92 Å². The van der Waals surface area contributed by atoms with Crippen molar-refractivity contribution in [3.63, 3.8) is 0 Å². The zero-order chi connectivity index (χ0) is 21.6. The van der Waals surface area contributed by atoms with Crippen molar-refractivity contribution >= 4 is 11.9 Å². The van der Waals surface area contributed by atoms with Crippen molar-refractivity contribution in [2.75, 3.05) is 52.5 Å². The number of hydrogen-bond donors (Lipinski definition) is 3. The van der Waals surface area contributed by atoms with Gasteiger partial charge in [0.1, 0.15) is 0 Å². The molecule has 1 amide bonds. The molecular formula is C23H38N4O3. The van der Waals surface area contributed by atoms with E-state index in [1.54, 1.807) is 0 Å². The Kier molecular flexibility index (Phi) is 11.3. The van der Waals surface area contributed by atoms with Gasteiger partial charge in [0, 0.05) is 39.3 Å². The third kappa shape index (κ3) is 7.95. The number of aliphatic hydroxyl groups is 1. The summed E-state index contributed by atoms with van der Waals surface area (Å²) in [7, 11) is 0. The fraction of sp³-hybridized carbons (Fsp3) is 0.652. The lowest BCUT2D eigenvalue weighted by Crippen LogP contribution is -2.47. The second-order valence-electron chi connectivity index (χ2n) is 7.67. The summed E-state index contributed by atoms with van der Waals surface area (Å²) in [5, 5.41) is 15.9. The molecule has 1 aromatic rings. The molecule has 0 bridgehead atoms. The van der Waals surface area contributed by atoms with Crippen LogP contribution in [0.2, 0.25) is 0 Å². The summed E-state index contributed by atoms with van der Waals surface area (Å²) in [6.45, 7) is 8.71. The van der Waals surface area contributed by atoms with Crippen LogP contribution in [0.4, 0.5) is 0 Å². The van der Waals surface area contributed by atoms with Crippen molar-refractivity contribution in [3.8, 4) is 0 Å². The standard InChI is InChI=1S/C23H38N4O3/c1-3-8-19(11-14-28)17-25-23(24-4-2)26-18-21(20-9-6-5-7-10-20)22(29)27-12-15-30-16-13-27/h5-7,9-10,19,21,28H,3-4,8,11-18H2,1-2H3,(H2,24,25,26). The highest BCUT2D eigenvalue weighted by Gasteiger charge is 2.27. The van der Waals surface area contributed by atoms with Crippen LogP contribution in [0.3, 0.4) is 0 Å². The summed E-state index contributed by atoms with van der Waals surface area (Å²) in [6, 6.07) is 9.92.